The van der Waals surface area contributed by atoms with Crippen LogP contribution in [-0.2, 0) is 4.74 Å². The molecule has 0 aromatic heterocycles. The second-order valence-electron chi connectivity index (χ2n) is 2.05. The van der Waals surface area contributed by atoms with Crippen molar-refractivity contribution in [3.63, 3.8) is 0 Å². The number of thioether (sulfide) groups is 1. The van der Waals surface area contributed by atoms with Crippen LogP contribution in [0.15, 0.2) is 0 Å². The molecule has 0 aliphatic rings. The van der Waals surface area contributed by atoms with E-state index in [9.17, 15) is 13.2 Å². The fraction of sp³-hybridized carbons (Fsp3) is 1.00. The fourth-order valence-electron chi connectivity index (χ4n) is 0.504. The topological polar surface area (TPSA) is 35.2 Å². The van der Waals surface area contributed by atoms with Crippen LogP contribution in [-0.4, -0.2) is 31.0 Å². The first-order chi connectivity index (χ1) is 5.56. The number of alkyl halides is 3. The first kappa shape index (κ1) is 12.1. The Morgan fingerprint density at radius 2 is 1.92 bits per heavy atom. The molecule has 0 bridgehead atoms. The molecule has 0 radical (unpaired) electrons. The number of ether oxygens (including phenoxy) is 1. The van der Waals surface area contributed by atoms with Crippen LogP contribution in [0, 0.1) is 0 Å². The smallest absolute Gasteiger partial charge is 0.381 e. The van der Waals surface area contributed by atoms with Crippen LogP contribution >= 0.6 is 11.8 Å². The van der Waals surface area contributed by atoms with Crippen molar-refractivity contribution >= 4 is 11.8 Å². The second-order valence-corrected chi connectivity index (χ2v) is 3.21. The van der Waals surface area contributed by atoms with Gasteiger partial charge in [-0.05, 0) is 24.7 Å². The molecule has 0 saturated heterocycles. The number of hydrogen-bond donors (Lipinski definition) is 1. The third-order valence-electron chi connectivity index (χ3n) is 0.986. The molecule has 0 aliphatic carbocycles. The van der Waals surface area contributed by atoms with Gasteiger partial charge in [0.2, 0.25) is 0 Å². The van der Waals surface area contributed by atoms with Crippen LogP contribution in [0.4, 0.5) is 13.2 Å². The molecule has 2 N–H and O–H groups in total. The minimum absolute atomic E-state index is 0.0475. The summed E-state index contributed by atoms with van der Waals surface area (Å²) >= 11 is -0.0646. The molecular formula is C6H12F3NOS. The van der Waals surface area contributed by atoms with Gasteiger partial charge >= 0.3 is 5.51 Å². The van der Waals surface area contributed by atoms with E-state index in [-0.39, 0.29) is 24.1 Å². The first-order valence-corrected chi connectivity index (χ1v) is 4.53. The highest BCUT2D eigenvalue weighted by atomic mass is 32.2. The van der Waals surface area contributed by atoms with Crippen molar-refractivity contribution in [3.8, 4) is 0 Å². The van der Waals surface area contributed by atoms with Crippen LogP contribution < -0.4 is 5.73 Å². The largest absolute Gasteiger partial charge is 0.441 e. The SMILES string of the molecule is NCCCOCCSC(F)(F)F. The van der Waals surface area contributed by atoms with E-state index in [0.29, 0.717) is 19.6 Å². The molecule has 0 atom stereocenters. The van der Waals surface area contributed by atoms with Gasteiger partial charge in [-0.2, -0.15) is 13.2 Å². The summed E-state index contributed by atoms with van der Waals surface area (Å²) in [6, 6.07) is 0. The van der Waals surface area contributed by atoms with Crippen LogP contribution in [0.1, 0.15) is 6.42 Å². The maximum Gasteiger partial charge on any atom is 0.441 e. The van der Waals surface area contributed by atoms with Gasteiger partial charge in [-0.1, -0.05) is 0 Å². The minimum Gasteiger partial charge on any atom is -0.381 e. The summed E-state index contributed by atoms with van der Waals surface area (Å²) in [5.41, 5.74) is 1.01. The zero-order chi connectivity index (χ0) is 9.45. The number of hydrogen-bond acceptors (Lipinski definition) is 3. The number of nitrogens with two attached hydrogens (primary N) is 1. The molecule has 0 amide bonds. The molecule has 0 heterocycles. The molecule has 0 spiro atoms. The quantitative estimate of drug-likeness (QED) is 0.666. The lowest BCUT2D eigenvalue weighted by atomic mass is 10.5. The van der Waals surface area contributed by atoms with Gasteiger partial charge in [-0.25, -0.2) is 0 Å². The second kappa shape index (κ2) is 6.56. The van der Waals surface area contributed by atoms with Crippen molar-refractivity contribution in [2.45, 2.75) is 11.9 Å². The van der Waals surface area contributed by atoms with Gasteiger partial charge in [-0.3, -0.25) is 0 Å². The zero-order valence-electron chi connectivity index (χ0n) is 6.56. The Morgan fingerprint density at radius 1 is 1.25 bits per heavy atom. The lowest BCUT2D eigenvalue weighted by Crippen LogP contribution is -2.08. The van der Waals surface area contributed by atoms with Gasteiger partial charge in [0.15, 0.2) is 0 Å². The molecule has 74 valence electrons. The van der Waals surface area contributed by atoms with Gasteiger partial charge in [0.05, 0.1) is 6.61 Å². The van der Waals surface area contributed by atoms with E-state index in [2.05, 4.69) is 0 Å². The average molecular weight is 203 g/mol. The van der Waals surface area contributed by atoms with Crippen LogP contribution in [0.3, 0.4) is 0 Å². The molecule has 2 nitrogen and oxygen atoms in total. The van der Waals surface area contributed by atoms with Crippen molar-refractivity contribution < 1.29 is 17.9 Å². The van der Waals surface area contributed by atoms with Crippen LogP contribution in [0.5, 0.6) is 0 Å². The lowest BCUT2D eigenvalue weighted by molar-refractivity contribution is -0.0331. The molecule has 6 heteroatoms. The summed E-state index contributed by atoms with van der Waals surface area (Å²) in [7, 11) is 0. The Labute approximate surface area is 73.6 Å². The predicted molar refractivity (Wildman–Crippen MR) is 43.0 cm³/mol. The predicted octanol–water partition coefficient (Wildman–Crippen LogP) is 1.60. The molecule has 0 saturated carbocycles. The molecule has 12 heavy (non-hydrogen) atoms. The third-order valence-corrected chi connectivity index (χ3v) is 1.68. The summed E-state index contributed by atoms with van der Waals surface area (Å²) in [6.07, 6.45) is 0.691. The summed E-state index contributed by atoms with van der Waals surface area (Å²) < 4.78 is 39.4. The average Bonchev–Trinajstić information content (AvgIpc) is 1.94. The van der Waals surface area contributed by atoms with Crippen molar-refractivity contribution in [3.05, 3.63) is 0 Å². The Bertz CT molecular complexity index is 109. The third kappa shape index (κ3) is 10.1. The Hall–Kier alpha value is 0.0600. The summed E-state index contributed by atoms with van der Waals surface area (Å²) in [4.78, 5) is 0. The molecule has 0 unspecified atom stereocenters. The summed E-state index contributed by atoms with van der Waals surface area (Å²) in [5.74, 6) is -0.0475. The van der Waals surface area contributed by atoms with E-state index in [1.54, 1.807) is 0 Å². The normalized spacial score (nSPS) is 12.0. The number of halogens is 3. The maximum absolute atomic E-state index is 11.5. The van der Waals surface area contributed by atoms with Crippen molar-refractivity contribution in [2.75, 3.05) is 25.5 Å². The van der Waals surface area contributed by atoms with Crippen molar-refractivity contribution in [1.82, 2.24) is 0 Å². The van der Waals surface area contributed by atoms with Crippen molar-refractivity contribution in [1.29, 1.82) is 0 Å². The van der Waals surface area contributed by atoms with Crippen molar-refractivity contribution in [2.24, 2.45) is 5.73 Å². The van der Waals surface area contributed by atoms with Gasteiger partial charge in [0.25, 0.3) is 0 Å². The van der Waals surface area contributed by atoms with Gasteiger partial charge in [-0.15, -0.1) is 0 Å². The minimum atomic E-state index is -4.14. The Kier molecular flexibility index (Phi) is 6.60. The molecule has 0 aromatic rings. The van der Waals surface area contributed by atoms with E-state index in [1.807, 2.05) is 0 Å². The summed E-state index contributed by atoms with van der Waals surface area (Å²) in [5, 5.41) is 0. The molecule has 0 aliphatic heterocycles. The Morgan fingerprint density at radius 3 is 2.42 bits per heavy atom. The van der Waals surface area contributed by atoms with E-state index in [0.717, 1.165) is 0 Å². The van der Waals surface area contributed by atoms with Crippen LogP contribution in [0.25, 0.3) is 0 Å². The zero-order valence-corrected chi connectivity index (χ0v) is 7.38. The fourth-order valence-corrected chi connectivity index (χ4v) is 0.936. The standard InChI is InChI=1S/C6H12F3NOS/c7-6(8,9)12-5-4-11-3-1-2-10/h1-5,10H2. The van der Waals surface area contributed by atoms with Gasteiger partial charge in [0.1, 0.15) is 0 Å². The highest BCUT2D eigenvalue weighted by Crippen LogP contribution is 2.29. The van der Waals surface area contributed by atoms with E-state index < -0.39 is 5.51 Å². The van der Waals surface area contributed by atoms with Gasteiger partial charge < -0.3 is 10.5 Å². The maximum atomic E-state index is 11.5. The lowest BCUT2D eigenvalue weighted by Gasteiger charge is -2.05. The first-order valence-electron chi connectivity index (χ1n) is 3.55. The highest BCUT2D eigenvalue weighted by molar-refractivity contribution is 8.00. The van der Waals surface area contributed by atoms with E-state index >= 15 is 0 Å². The molecule has 0 rings (SSSR count). The molecular weight excluding hydrogens is 191 g/mol. The Balaban J connectivity index is 3.01. The van der Waals surface area contributed by atoms with Gasteiger partial charge in [0, 0.05) is 12.4 Å². The van der Waals surface area contributed by atoms with E-state index in [4.69, 9.17) is 10.5 Å². The monoisotopic (exact) mass is 203 g/mol. The summed E-state index contributed by atoms with van der Waals surface area (Å²) in [6.45, 7) is 1.07. The molecule has 0 fully saturated rings. The number of rotatable bonds is 6. The molecule has 0 aromatic carbocycles. The highest BCUT2D eigenvalue weighted by Gasteiger charge is 2.27. The van der Waals surface area contributed by atoms with E-state index in [1.165, 1.54) is 0 Å². The van der Waals surface area contributed by atoms with Crippen LogP contribution in [0.2, 0.25) is 0 Å².